The molecule has 2 nitrogen and oxygen atoms in total. The van der Waals surface area contributed by atoms with E-state index in [1.807, 2.05) is 18.2 Å². The number of nitriles is 1. The summed E-state index contributed by atoms with van der Waals surface area (Å²) in [6.07, 6.45) is 1.48. The van der Waals surface area contributed by atoms with E-state index in [1.165, 1.54) is 6.20 Å². The second-order valence-electron chi connectivity index (χ2n) is 2.76. The normalized spacial score (nSPS) is 10.1. The summed E-state index contributed by atoms with van der Waals surface area (Å²) in [5.74, 6) is 0. The third-order valence-corrected chi connectivity index (χ3v) is 2.72. The Morgan fingerprint density at radius 1 is 1.36 bits per heavy atom. The highest BCUT2D eigenvalue weighted by molar-refractivity contribution is 9.10. The van der Waals surface area contributed by atoms with Gasteiger partial charge < -0.3 is 0 Å². The zero-order valence-electron chi connectivity index (χ0n) is 6.96. The summed E-state index contributed by atoms with van der Waals surface area (Å²) >= 11 is 9.25. The molecule has 68 valence electrons. The zero-order valence-corrected chi connectivity index (χ0v) is 9.30. The molecule has 14 heavy (non-hydrogen) atoms. The number of hydrogen-bond donors (Lipinski definition) is 0. The van der Waals surface area contributed by atoms with Crippen LogP contribution in [0.4, 0.5) is 0 Å². The highest BCUT2D eigenvalue weighted by Crippen LogP contribution is 2.26. The molecule has 0 radical (unpaired) electrons. The van der Waals surface area contributed by atoms with Gasteiger partial charge in [0.2, 0.25) is 0 Å². The van der Waals surface area contributed by atoms with Crippen LogP contribution in [0.25, 0.3) is 10.8 Å². The summed E-state index contributed by atoms with van der Waals surface area (Å²) in [6.45, 7) is 0. The molecule has 0 aliphatic heterocycles. The van der Waals surface area contributed by atoms with Crippen molar-refractivity contribution in [2.45, 2.75) is 0 Å². The van der Waals surface area contributed by atoms with Crippen LogP contribution in [0.1, 0.15) is 5.56 Å². The van der Waals surface area contributed by atoms with Crippen molar-refractivity contribution in [2.75, 3.05) is 0 Å². The van der Waals surface area contributed by atoms with E-state index in [-0.39, 0.29) is 0 Å². The van der Waals surface area contributed by atoms with Crippen LogP contribution in [-0.2, 0) is 0 Å². The van der Waals surface area contributed by atoms with Crippen LogP contribution in [0.15, 0.2) is 28.9 Å². The molecule has 0 spiro atoms. The average molecular weight is 268 g/mol. The van der Waals surface area contributed by atoms with Crippen molar-refractivity contribution in [3.8, 4) is 6.07 Å². The summed E-state index contributed by atoms with van der Waals surface area (Å²) in [5, 5.41) is 10.9. The Morgan fingerprint density at radius 2 is 2.14 bits per heavy atom. The number of nitrogens with zero attached hydrogens (tertiary/aromatic N) is 2. The molecule has 1 heterocycles. The van der Waals surface area contributed by atoms with Gasteiger partial charge in [0, 0.05) is 21.4 Å². The number of aromatic nitrogens is 1. The van der Waals surface area contributed by atoms with Crippen molar-refractivity contribution in [3.63, 3.8) is 0 Å². The van der Waals surface area contributed by atoms with Crippen LogP contribution in [0.2, 0.25) is 5.15 Å². The smallest absolute Gasteiger partial charge is 0.136 e. The maximum Gasteiger partial charge on any atom is 0.136 e. The lowest BCUT2D eigenvalue weighted by Crippen LogP contribution is -1.84. The number of benzene rings is 1. The topological polar surface area (TPSA) is 36.7 Å². The van der Waals surface area contributed by atoms with Crippen molar-refractivity contribution in [1.29, 1.82) is 5.26 Å². The monoisotopic (exact) mass is 266 g/mol. The van der Waals surface area contributed by atoms with Gasteiger partial charge in [-0.1, -0.05) is 33.6 Å². The second kappa shape index (κ2) is 3.56. The third kappa shape index (κ3) is 1.47. The largest absolute Gasteiger partial charge is 0.243 e. The highest BCUT2D eigenvalue weighted by Gasteiger charge is 2.05. The zero-order chi connectivity index (χ0) is 10.1. The van der Waals surface area contributed by atoms with Gasteiger partial charge in [0.05, 0.1) is 5.56 Å². The van der Waals surface area contributed by atoms with Gasteiger partial charge in [-0.2, -0.15) is 5.26 Å². The van der Waals surface area contributed by atoms with E-state index in [4.69, 9.17) is 16.9 Å². The van der Waals surface area contributed by atoms with Gasteiger partial charge in [-0.15, -0.1) is 0 Å². The lowest BCUT2D eigenvalue weighted by molar-refractivity contribution is 1.34. The fourth-order valence-corrected chi connectivity index (χ4v) is 1.84. The first-order chi connectivity index (χ1) is 6.72. The van der Waals surface area contributed by atoms with Crippen molar-refractivity contribution in [2.24, 2.45) is 0 Å². The van der Waals surface area contributed by atoms with E-state index in [2.05, 4.69) is 27.0 Å². The van der Waals surface area contributed by atoms with Gasteiger partial charge in [0.1, 0.15) is 11.2 Å². The molecule has 0 fully saturated rings. The Kier molecular flexibility index (Phi) is 2.40. The number of fused-ring (bicyclic) bond motifs is 1. The first-order valence-corrected chi connectivity index (χ1v) is 5.03. The van der Waals surface area contributed by atoms with E-state index in [0.29, 0.717) is 10.7 Å². The van der Waals surface area contributed by atoms with Crippen LogP contribution < -0.4 is 0 Å². The fourth-order valence-electron chi connectivity index (χ4n) is 1.27. The Bertz CT molecular complexity index is 546. The molecule has 1 aromatic carbocycles. The maximum atomic E-state index is 8.87. The van der Waals surface area contributed by atoms with E-state index in [0.717, 1.165) is 15.2 Å². The summed E-state index contributed by atoms with van der Waals surface area (Å²) in [4.78, 5) is 3.94. The van der Waals surface area contributed by atoms with Crippen LogP contribution >= 0.6 is 27.5 Å². The van der Waals surface area contributed by atoms with Gasteiger partial charge in [-0.05, 0) is 12.1 Å². The van der Waals surface area contributed by atoms with E-state index < -0.39 is 0 Å². The van der Waals surface area contributed by atoms with Crippen LogP contribution in [0, 0.1) is 11.3 Å². The molecule has 0 saturated carbocycles. The average Bonchev–Trinajstić information content (AvgIpc) is 2.18. The molecule has 0 atom stereocenters. The highest BCUT2D eigenvalue weighted by atomic mass is 79.9. The Labute approximate surface area is 94.3 Å². The standard InChI is InChI=1S/C10H4BrClN2/c11-7-1-2-8-9(3-7)6(4-13)5-14-10(8)12/h1-3,5H. The number of rotatable bonds is 0. The molecular formula is C10H4BrClN2. The minimum atomic E-state index is 0.423. The van der Waals surface area contributed by atoms with Crippen molar-refractivity contribution < 1.29 is 0 Å². The molecule has 0 amide bonds. The first kappa shape index (κ1) is 9.45. The Morgan fingerprint density at radius 3 is 2.86 bits per heavy atom. The van der Waals surface area contributed by atoms with Crippen molar-refractivity contribution >= 4 is 38.3 Å². The first-order valence-electron chi connectivity index (χ1n) is 3.86. The lowest BCUT2D eigenvalue weighted by Gasteiger charge is -2.01. The van der Waals surface area contributed by atoms with E-state index in [1.54, 1.807) is 0 Å². The summed E-state index contributed by atoms with van der Waals surface area (Å²) in [5.41, 5.74) is 0.533. The van der Waals surface area contributed by atoms with Crippen LogP contribution in [-0.4, -0.2) is 4.98 Å². The molecule has 1 aromatic heterocycles. The number of hydrogen-bond acceptors (Lipinski definition) is 2. The molecule has 0 aliphatic carbocycles. The minimum absolute atomic E-state index is 0.423. The van der Waals surface area contributed by atoms with Gasteiger partial charge in [-0.3, -0.25) is 0 Å². The summed E-state index contributed by atoms with van der Waals surface area (Å²) < 4.78 is 0.920. The Hall–Kier alpha value is -1.11. The predicted octanol–water partition coefficient (Wildman–Crippen LogP) is 3.52. The molecule has 0 N–H and O–H groups in total. The number of halogens is 2. The fraction of sp³-hybridized carbons (Fsp3) is 0. The van der Waals surface area contributed by atoms with E-state index in [9.17, 15) is 0 Å². The lowest BCUT2D eigenvalue weighted by atomic mass is 10.1. The summed E-state index contributed by atoms with van der Waals surface area (Å²) in [7, 11) is 0. The molecule has 0 saturated heterocycles. The van der Waals surface area contributed by atoms with Gasteiger partial charge in [-0.25, -0.2) is 4.98 Å². The molecule has 2 rings (SSSR count). The molecule has 4 heteroatoms. The quantitative estimate of drug-likeness (QED) is 0.685. The molecule has 0 aliphatic rings. The maximum absolute atomic E-state index is 8.87. The number of pyridine rings is 1. The van der Waals surface area contributed by atoms with Crippen LogP contribution in [0.5, 0.6) is 0 Å². The summed E-state index contributed by atoms with van der Waals surface area (Å²) in [6, 6.07) is 7.66. The molecule has 0 unspecified atom stereocenters. The Balaban J connectivity index is 2.94. The van der Waals surface area contributed by atoms with Crippen molar-refractivity contribution in [3.05, 3.63) is 39.6 Å². The molecule has 2 aromatic rings. The SMILES string of the molecule is N#Cc1cnc(Cl)c2ccc(Br)cc12. The van der Waals surface area contributed by atoms with Crippen LogP contribution in [0.3, 0.4) is 0 Å². The predicted molar refractivity (Wildman–Crippen MR) is 59.2 cm³/mol. The minimum Gasteiger partial charge on any atom is -0.243 e. The van der Waals surface area contributed by atoms with E-state index >= 15 is 0 Å². The van der Waals surface area contributed by atoms with Gasteiger partial charge in [0.15, 0.2) is 0 Å². The molecule has 0 bridgehead atoms. The second-order valence-corrected chi connectivity index (χ2v) is 4.04. The molecular weight excluding hydrogens is 263 g/mol. The van der Waals surface area contributed by atoms with Crippen molar-refractivity contribution in [1.82, 2.24) is 4.98 Å². The van der Waals surface area contributed by atoms with Gasteiger partial charge >= 0.3 is 0 Å². The third-order valence-electron chi connectivity index (χ3n) is 1.92. The van der Waals surface area contributed by atoms with Gasteiger partial charge in [0.25, 0.3) is 0 Å².